The fourth-order valence-electron chi connectivity index (χ4n) is 3.26. The summed E-state index contributed by atoms with van der Waals surface area (Å²) in [6.45, 7) is 0. The summed E-state index contributed by atoms with van der Waals surface area (Å²) in [4.78, 5) is 4.41. The van der Waals surface area contributed by atoms with Crippen LogP contribution in [0.3, 0.4) is 0 Å². The maximum Gasteiger partial charge on any atom is 0.0708 e. The fourth-order valence-corrected chi connectivity index (χ4v) is 3.26. The van der Waals surface area contributed by atoms with Crippen molar-refractivity contribution >= 4 is 21.7 Å². The van der Waals surface area contributed by atoms with Crippen molar-refractivity contribution in [3.8, 4) is 0 Å². The van der Waals surface area contributed by atoms with E-state index in [2.05, 4.69) is 35.3 Å². The summed E-state index contributed by atoms with van der Waals surface area (Å²) in [6.07, 6.45) is 4.74. The molecule has 1 saturated carbocycles. The molecule has 23 heavy (non-hydrogen) atoms. The monoisotopic (exact) mass is 308 g/mol. The Hall–Kier alpha value is -2.01. The smallest absolute Gasteiger partial charge is 0.0708 e. The summed E-state index contributed by atoms with van der Waals surface area (Å²) in [6, 6.07) is 17.3. The third kappa shape index (κ3) is 3.85. The number of nitrogens with two attached hydrogens (primary N) is 3. The summed E-state index contributed by atoms with van der Waals surface area (Å²) < 4.78 is 0. The zero-order valence-corrected chi connectivity index (χ0v) is 13.2. The molecule has 1 heterocycles. The van der Waals surface area contributed by atoms with Gasteiger partial charge in [0.25, 0.3) is 0 Å². The molecule has 0 radical (unpaired) electrons. The highest BCUT2D eigenvalue weighted by Gasteiger charge is 2.21. The van der Waals surface area contributed by atoms with Crippen molar-refractivity contribution in [2.75, 3.05) is 0 Å². The number of hydrogen-bond donors (Lipinski definition) is 3. The predicted molar refractivity (Wildman–Crippen MR) is 97.0 cm³/mol. The van der Waals surface area contributed by atoms with Gasteiger partial charge in [0.05, 0.1) is 5.52 Å². The van der Waals surface area contributed by atoms with Gasteiger partial charge in [-0.2, -0.15) is 0 Å². The van der Waals surface area contributed by atoms with Crippen molar-refractivity contribution in [1.82, 2.24) is 4.98 Å². The van der Waals surface area contributed by atoms with Crippen molar-refractivity contribution in [2.24, 2.45) is 17.2 Å². The minimum absolute atomic E-state index is 0.240. The Morgan fingerprint density at radius 2 is 1.22 bits per heavy atom. The average molecular weight is 308 g/mol. The van der Waals surface area contributed by atoms with E-state index in [1.165, 1.54) is 16.2 Å². The first kappa shape index (κ1) is 15.9. The minimum Gasteiger partial charge on any atom is -0.328 e. The molecule has 0 saturated heterocycles. The summed E-state index contributed by atoms with van der Waals surface area (Å²) in [5.74, 6) is 0. The maximum absolute atomic E-state index is 5.66. The maximum atomic E-state index is 5.66. The second kappa shape index (κ2) is 7.04. The molecule has 1 aliphatic carbocycles. The van der Waals surface area contributed by atoms with E-state index in [0.717, 1.165) is 24.8 Å². The van der Waals surface area contributed by atoms with Gasteiger partial charge in [0.1, 0.15) is 0 Å². The van der Waals surface area contributed by atoms with Crippen LogP contribution in [0.15, 0.2) is 54.7 Å². The van der Waals surface area contributed by atoms with Gasteiger partial charge in [-0.1, -0.05) is 42.5 Å². The first-order chi connectivity index (χ1) is 11.1. The van der Waals surface area contributed by atoms with Crippen LogP contribution in [0.1, 0.15) is 19.3 Å². The number of pyridine rings is 1. The van der Waals surface area contributed by atoms with Crippen LogP contribution >= 0.6 is 0 Å². The number of nitrogens with zero attached hydrogens (tertiary/aromatic N) is 1. The fraction of sp³-hybridized carbons (Fsp3) is 0.316. The Balaban J connectivity index is 0.000000151. The number of para-hydroxylation sites is 1. The topological polar surface area (TPSA) is 91.0 Å². The molecule has 3 aromatic rings. The van der Waals surface area contributed by atoms with Gasteiger partial charge >= 0.3 is 0 Å². The van der Waals surface area contributed by atoms with Crippen molar-refractivity contribution in [2.45, 2.75) is 37.4 Å². The highest BCUT2D eigenvalue weighted by Crippen LogP contribution is 2.22. The highest BCUT2D eigenvalue weighted by atomic mass is 14.8. The van der Waals surface area contributed by atoms with Crippen molar-refractivity contribution < 1.29 is 0 Å². The first-order valence-corrected chi connectivity index (χ1v) is 8.12. The van der Waals surface area contributed by atoms with E-state index >= 15 is 0 Å². The van der Waals surface area contributed by atoms with Crippen LogP contribution in [-0.4, -0.2) is 23.1 Å². The van der Waals surface area contributed by atoms with Gasteiger partial charge in [-0.25, -0.2) is 0 Å². The third-order valence-corrected chi connectivity index (χ3v) is 4.31. The van der Waals surface area contributed by atoms with Gasteiger partial charge in [-0.15, -0.1) is 0 Å². The molecule has 0 bridgehead atoms. The Kier molecular flexibility index (Phi) is 4.86. The van der Waals surface area contributed by atoms with Crippen LogP contribution in [-0.2, 0) is 0 Å². The summed E-state index contributed by atoms with van der Waals surface area (Å²) in [5, 5.41) is 3.70. The number of rotatable bonds is 0. The molecule has 120 valence electrons. The van der Waals surface area contributed by atoms with Gasteiger partial charge < -0.3 is 17.2 Å². The van der Waals surface area contributed by atoms with E-state index in [-0.39, 0.29) is 18.1 Å². The van der Waals surface area contributed by atoms with Crippen LogP contribution in [0.2, 0.25) is 0 Å². The number of fused-ring (bicyclic) bond motifs is 3. The van der Waals surface area contributed by atoms with Crippen LogP contribution < -0.4 is 17.2 Å². The SMILES string of the molecule is NC1CC(N)CC(N)C1.c1ccc2c(c1)cnc1ccccc12. The largest absolute Gasteiger partial charge is 0.328 e. The molecule has 4 nitrogen and oxygen atoms in total. The molecule has 1 fully saturated rings. The first-order valence-electron chi connectivity index (χ1n) is 8.12. The normalized spacial score (nSPS) is 24.2. The molecule has 1 aliphatic rings. The zero-order chi connectivity index (χ0) is 16.2. The van der Waals surface area contributed by atoms with Crippen LogP contribution in [0.5, 0.6) is 0 Å². The molecule has 0 spiro atoms. The van der Waals surface area contributed by atoms with Gasteiger partial charge in [0.15, 0.2) is 0 Å². The second-order valence-corrected chi connectivity index (χ2v) is 6.35. The van der Waals surface area contributed by atoms with Crippen LogP contribution in [0.25, 0.3) is 21.7 Å². The third-order valence-electron chi connectivity index (χ3n) is 4.31. The van der Waals surface area contributed by atoms with Crippen molar-refractivity contribution in [3.05, 3.63) is 54.7 Å². The molecule has 0 aliphatic heterocycles. The van der Waals surface area contributed by atoms with Gasteiger partial charge in [0.2, 0.25) is 0 Å². The molecule has 4 rings (SSSR count). The number of hydrogen-bond acceptors (Lipinski definition) is 4. The predicted octanol–water partition coefficient (Wildman–Crippen LogP) is 2.54. The Morgan fingerprint density at radius 1 is 0.696 bits per heavy atom. The molecule has 4 heteroatoms. The number of aromatic nitrogens is 1. The van der Waals surface area contributed by atoms with E-state index in [1.54, 1.807) is 0 Å². The lowest BCUT2D eigenvalue weighted by Crippen LogP contribution is -2.45. The van der Waals surface area contributed by atoms with Crippen LogP contribution in [0.4, 0.5) is 0 Å². The van der Waals surface area contributed by atoms with E-state index in [4.69, 9.17) is 17.2 Å². The lowest BCUT2D eigenvalue weighted by Gasteiger charge is -2.28. The standard InChI is InChI=1S/C13H9N.C6H15N3/c1-2-6-11-10(5-1)9-14-13-8-4-3-7-12(11)13;7-4-1-5(8)3-6(9)2-4/h1-9H;4-6H,1-3,7-9H2. The molecule has 0 unspecified atom stereocenters. The second-order valence-electron chi connectivity index (χ2n) is 6.35. The highest BCUT2D eigenvalue weighted by molar-refractivity contribution is 6.05. The molecule has 1 aromatic heterocycles. The molecule has 2 aromatic carbocycles. The van der Waals surface area contributed by atoms with Gasteiger partial charge in [0, 0.05) is 35.1 Å². The summed E-state index contributed by atoms with van der Waals surface area (Å²) >= 11 is 0. The van der Waals surface area contributed by atoms with Crippen LogP contribution in [0, 0.1) is 0 Å². The van der Waals surface area contributed by atoms with Gasteiger partial charge in [-0.05, 0) is 30.7 Å². The summed E-state index contributed by atoms with van der Waals surface area (Å²) in [5.41, 5.74) is 18.0. The lowest BCUT2D eigenvalue weighted by molar-refractivity contribution is 0.352. The van der Waals surface area contributed by atoms with E-state index in [1.807, 2.05) is 24.4 Å². The molecular weight excluding hydrogens is 284 g/mol. The minimum atomic E-state index is 0.240. The number of benzene rings is 2. The lowest BCUT2D eigenvalue weighted by atomic mass is 9.89. The molecular formula is C19H24N4. The Bertz CT molecular complexity index is 707. The van der Waals surface area contributed by atoms with Crippen molar-refractivity contribution in [3.63, 3.8) is 0 Å². The van der Waals surface area contributed by atoms with Gasteiger partial charge in [-0.3, -0.25) is 4.98 Å². The van der Waals surface area contributed by atoms with E-state index < -0.39 is 0 Å². The average Bonchev–Trinajstić information content (AvgIpc) is 2.54. The molecule has 0 amide bonds. The molecule has 6 N–H and O–H groups in total. The zero-order valence-electron chi connectivity index (χ0n) is 13.2. The van der Waals surface area contributed by atoms with E-state index in [0.29, 0.717) is 0 Å². The van der Waals surface area contributed by atoms with Crippen molar-refractivity contribution in [1.29, 1.82) is 0 Å². The Labute approximate surface area is 136 Å². The summed E-state index contributed by atoms with van der Waals surface area (Å²) in [7, 11) is 0. The van der Waals surface area contributed by atoms with E-state index in [9.17, 15) is 0 Å². The quantitative estimate of drug-likeness (QED) is 0.557. The Morgan fingerprint density at radius 3 is 1.87 bits per heavy atom. The molecule has 0 atom stereocenters.